The largest absolute Gasteiger partial charge is 0.467 e. The fourth-order valence-electron chi connectivity index (χ4n) is 4.50. The number of nitrogens with one attached hydrogen (secondary N) is 1. The molecule has 9 nitrogen and oxygen atoms in total. The number of carbonyl (C=O) groups is 1. The van der Waals surface area contributed by atoms with Crippen LogP contribution in [-0.2, 0) is 17.8 Å². The number of carbonyl (C=O) groups excluding carboxylic acids is 1. The van der Waals surface area contributed by atoms with Crippen molar-refractivity contribution in [2.45, 2.75) is 25.6 Å². The highest BCUT2D eigenvalue weighted by Crippen LogP contribution is 2.24. The molecule has 1 aliphatic rings. The first kappa shape index (κ1) is 25.6. The van der Waals surface area contributed by atoms with E-state index >= 15 is 0 Å². The second-order valence-corrected chi connectivity index (χ2v) is 9.13. The maximum atomic E-state index is 12.5. The Hall–Kier alpha value is -4.06. The molecule has 5 rings (SSSR count). The molecule has 0 spiro atoms. The van der Waals surface area contributed by atoms with Gasteiger partial charge in [0.05, 0.1) is 23.8 Å². The van der Waals surface area contributed by atoms with Crippen molar-refractivity contribution in [2.24, 2.45) is 0 Å². The number of hydrogen-bond donors (Lipinski definition) is 1. The Balaban J connectivity index is 1.21. The molecule has 3 aromatic heterocycles. The number of aromatic nitrogens is 5. The number of aromatic amines is 1. The van der Waals surface area contributed by atoms with Crippen molar-refractivity contribution in [2.75, 3.05) is 33.3 Å². The lowest BCUT2D eigenvalue weighted by Crippen LogP contribution is -2.49. The number of hydrogen-bond acceptors (Lipinski definition) is 7. The molecule has 12 heteroatoms. The van der Waals surface area contributed by atoms with Crippen LogP contribution in [0.4, 0.5) is 13.2 Å². The zero-order valence-electron chi connectivity index (χ0n) is 20.7. The minimum Gasteiger partial charge on any atom is -0.467 e. The Morgan fingerprint density at radius 2 is 1.82 bits per heavy atom. The first-order chi connectivity index (χ1) is 18.3. The van der Waals surface area contributed by atoms with Gasteiger partial charge in [0.1, 0.15) is 12.2 Å². The van der Waals surface area contributed by atoms with Crippen molar-refractivity contribution < 1.29 is 22.7 Å². The van der Waals surface area contributed by atoms with Crippen LogP contribution in [0.3, 0.4) is 0 Å². The molecule has 1 aliphatic heterocycles. The summed E-state index contributed by atoms with van der Waals surface area (Å²) in [6.45, 7) is 2.24. The van der Waals surface area contributed by atoms with E-state index in [1.165, 1.54) is 12.0 Å². The Labute approximate surface area is 216 Å². The Kier molecular flexibility index (Phi) is 7.23. The first-order valence-electron chi connectivity index (χ1n) is 12.1. The highest BCUT2D eigenvalue weighted by molar-refractivity contribution is 5.81. The number of piperazine rings is 1. The summed E-state index contributed by atoms with van der Waals surface area (Å²) in [7, 11) is 1.53. The van der Waals surface area contributed by atoms with E-state index in [1.54, 1.807) is 12.4 Å². The second kappa shape index (κ2) is 10.7. The number of rotatable bonds is 7. The number of methoxy groups -OCH3 is 1. The SMILES string of the molecule is COc1nccc(-c2ccc3nc(Cc4cc(CN5CCN(C(=O)CC(F)(F)F)CC5)ccn4)[nH]c3c2)n1. The summed E-state index contributed by atoms with van der Waals surface area (Å²) in [6, 6.07) is 11.9. The van der Waals surface area contributed by atoms with Gasteiger partial charge in [0.15, 0.2) is 0 Å². The molecule has 1 saturated heterocycles. The third-order valence-electron chi connectivity index (χ3n) is 6.36. The quantitative estimate of drug-likeness (QED) is 0.394. The van der Waals surface area contributed by atoms with E-state index in [0.29, 0.717) is 32.1 Å². The van der Waals surface area contributed by atoms with Crippen molar-refractivity contribution in [1.29, 1.82) is 0 Å². The topological polar surface area (TPSA) is 100 Å². The number of amides is 1. The summed E-state index contributed by atoms with van der Waals surface area (Å²) < 4.78 is 42.7. The minimum atomic E-state index is -4.48. The fraction of sp³-hybridized carbons (Fsp3) is 0.346. The van der Waals surface area contributed by atoms with Crippen molar-refractivity contribution in [3.63, 3.8) is 0 Å². The molecule has 0 aliphatic carbocycles. The molecule has 0 unspecified atom stereocenters. The zero-order chi connectivity index (χ0) is 26.7. The van der Waals surface area contributed by atoms with E-state index in [2.05, 4.69) is 24.8 Å². The molecule has 0 radical (unpaired) electrons. The Bertz CT molecular complexity index is 1430. The molecular weight excluding hydrogens is 499 g/mol. The van der Waals surface area contributed by atoms with Gasteiger partial charge in [0, 0.05) is 62.8 Å². The van der Waals surface area contributed by atoms with Crippen LogP contribution < -0.4 is 4.74 Å². The van der Waals surface area contributed by atoms with E-state index in [-0.39, 0.29) is 13.1 Å². The monoisotopic (exact) mass is 525 g/mol. The summed E-state index contributed by atoms with van der Waals surface area (Å²) in [5.74, 6) is -0.0862. The van der Waals surface area contributed by atoms with Crippen molar-refractivity contribution in [3.05, 3.63) is 65.9 Å². The van der Waals surface area contributed by atoms with E-state index in [1.807, 2.05) is 36.4 Å². The molecule has 0 bridgehead atoms. The van der Waals surface area contributed by atoms with Gasteiger partial charge in [0.25, 0.3) is 0 Å². The lowest BCUT2D eigenvalue weighted by Gasteiger charge is -2.35. The van der Waals surface area contributed by atoms with Crippen molar-refractivity contribution in [3.8, 4) is 17.3 Å². The van der Waals surface area contributed by atoms with E-state index in [0.717, 1.165) is 39.4 Å². The third-order valence-corrected chi connectivity index (χ3v) is 6.36. The summed E-state index contributed by atoms with van der Waals surface area (Å²) in [5.41, 5.74) is 5.26. The number of ether oxygens (including phenoxy) is 1. The van der Waals surface area contributed by atoms with Crippen molar-refractivity contribution >= 4 is 16.9 Å². The smallest absolute Gasteiger partial charge is 0.397 e. The van der Waals surface area contributed by atoms with Crippen LogP contribution in [0.25, 0.3) is 22.3 Å². The second-order valence-electron chi connectivity index (χ2n) is 9.13. The molecule has 1 amide bonds. The Morgan fingerprint density at radius 1 is 1.03 bits per heavy atom. The predicted molar refractivity (Wildman–Crippen MR) is 133 cm³/mol. The number of imidazole rings is 1. The maximum absolute atomic E-state index is 12.5. The highest BCUT2D eigenvalue weighted by Gasteiger charge is 2.34. The molecule has 198 valence electrons. The van der Waals surface area contributed by atoms with Gasteiger partial charge in [-0.25, -0.2) is 9.97 Å². The van der Waals surface area contributed by atoms with Gasteiger partial charge in [-0.15, -0.1) is 0 Å². The number of nitrogens with zero attached hydrogens (tertiary/aromatic N) is 6. The number of halogens is 3. The van der Waals surface area contributed by atoms with Crippen molar-refractivity contribution in [1.82, 2.24) is 34.7 Å². The van der Waals surface area contributed by atoms with Crippen LogP contribution in [0.15, 0.2) is 48.8 Å². The standard InChI is InChI=1S/C26H26F3N7O2/c1-38-25-31-7-5-20(34-25)18-2-3-21-22(13-18)33-23(32-21)14-19-12-17(4-6-30-19)16-35-8-10-36(11-9-35)24(37)15-26(27,28)29/h2-7,12-13H,8-11,14-16H2,1H3,(H,32,33). The number of H-pyrrole nitrogens is 1. The molecule has 0 saturated carbocycles. The summed E-state index contributed by atoms with van der Waals surface area (Å²) in [5, 5.41) is 0. The van der Waals surface area contributed by atoms with Crippen LogP contribution in [0.5, 0.6) is 6.01 Å². The zero-order valence-corrected chi connectivity index (χ0v) is 20.7. The average molecular weight is 526 g/mol. The van der Waals surface area contributed by atoms with Crippen LogP contribution in [0, 0.1) is 0 Å². The lowest BCUT2D eigenvalue weighted by atomic mass is 10.1. The maximum Gasteiger partial charge on any atom is 0.397 e. The Morgan fingerprint density at radius 3 is 2.58 bits per heavy atom. The van der Waals surface area contributed by atoms with Crippen LogP contribution in [0.1, 0.15) is 23.5 Å². The minimum absolute atomic E-state index is 0.287. The molecule has 38 heavy (non-hydrogen) atoms. The molecule has 1 fully saturated rings. The molecule has 1 N–H and O–H groups in total. The van der Waals surface area contributed by atoms with Gasteiger partial charge < -0.3 is 14.6 Å². The van der Waals surface area contributed by atoms with Gasteiger partial charge in [-0.1, -0.05) is 6.07 Å². The third kappa shape index (κ3) is 6.25. The van der Waals surface area contributed by atoms with Gasteiger partial charge in [-0.3, -0.25) is 14.7 Å². The lowest BCUT2D eigenvalue weighted by molar-refractivity contribution is -0.162. The molecule has 4 aromatic rings. The molecular formula is C26H26F3N7O2. The van der Waals surface area contributed by atoms with Gasteiger partial charge in [-0.05, 0) is 35.9 Å². The summed E-state index contributed by atoms with van der Waals surface area (Å²) >= 11 is 0. The number of fused-ring (bicyclic) bond motifs is 1. The molecule has 0 atom stereocenters. The number of alkyl halides is 3. The number of pyridine rings is 1. The molecule has 4 heterocycles. The van der Waals surface area contributed by atoms with Gasteiger partial charge in [0.2, 0.25) is 5.91 Å². The van der Waals surface area contributed by atoms with Crippen LogP contribution in [-0.4, -0.2) is 80.1 Å². The van der Waals surface area contributed by atoms with Crippen LogP contribution >= 0.6 is 0 Å². The first-order valence-corrected chi connectivity index (χ1v) is 12.1. The summed E-state index contributed by atoms with van der Waals surface area (Å²) in [4.78, 5) is 36.2. The normalized spacial score (nSPS) is 14.7. The van der Waals surface area contributed by atoms with Gasteiger partial charge >= 0.3 is 12.2 Å². The fourth-order valence-corrected chi connectivity index (χ4v) is 4.50. The summed E-state index contributed by atoms with van der Waals surface area (Å²) in [6.07, 6.45) is -1.97. The van der Waals surface area contributed by atoms with E-state index in [9.17, 15) is 18.0 Å². The van der Waals surface area contributed by atoms with Gasteiger partial charge in [-0.2, -0.15) is 18.2 Å². The highest BCUT2D eigenvalue weighted by atomic mass is 19.4. The van der Waals surface area contributed by atoms with E-state index in [4.69, 9.17) is 9.72 Å². The average Bonchev–Trinajstić information content (AvgIpc) is 3.30. The predicted octanol–water partition coefficient (Wildman–Crippen LogP) is 3.61. The molecule has 1 aromatic carbocycles. The van der Waals surface area contributed by atoms with E-state index < -0.39 is 18.5 Å². The number of benzene rings is 1. The van der Waals surface area contributed by atoms with Crippen LogP contribution in [0.2, 0.25) is 0 Å².